The fraction of sp³-hybridized carbons (Fsp3) is 0.526. The van der Waals surface area contributed by atoms with Gasteiger partial charge >= 0.3 is 5.97 Å². The van der Waals surface area contributed by atoms with Crippen LogP contribution in [-0.4, -0.2) is 27.4 Å². The van der Waals surface area contributed by atoms with Gasteiger partial charge in [0.25, 0.3) is 5.56 Å². The summed E-state index contributed by atoms with van der Waals surface area (Å²) in [4.78, 5) is 29.9. The molecule has 0 aliphatic heterocycles. The van der Waals surface area contributed by atoms with Crippen molar-refractivity contribution in [2.45, 2.75) is 62.4 Å². The number of nitrogens with zero attached hydrogens (tertiary/aromatic N) is 2. The van der Waals surface area contributed by atoms with Crippen LogP contribution in [-0.2, 0) is 9.53 Å². The first kappa shape index (κ1) is 18.0. The van der Waals surface area contributed by atoms with E-state index >= 15 is 0 Å². The zero-order chi connectivity index (χ0) is 17.8. The number of benzene rings is 1. The smallest absolute Gasteiger partial charge is 0.319 e. The molecule has 0 radical (unpaired) electrons. The van der Waals surface area contributed by atoms with Crippen molar-refractivity contribution in [3.8, 4) is 0 Å². The molecular formula is C19H24N2O3S. The monoisotopic (exact) mass is 360 g/mol. The molecule has 1 aliphatic rings. The van der Waals surface area contributed by atoms with Crippen molar-refractivity contribution in [2.75, 3.05) is 6.61 Å². The Hall–Kier alpha value is -1.82. The number of thioether (sulfide) groups is 1. The van der Waals surface area contributed by atoms with Gasteiger partial charge in [-0.05, 0) is 38.3 Å². The van der Waals surface area contributed by atoms with E-state index in [-0.39, 0.29) is 17.6 Å². The van der Waals surface area contributed by atoms with Crippen LogP contribution in [0.3, 0.4) is 0 Å². The number of carbonyl (C=O) groups excluding carboxylic acids is 1. The fourth-order valence-electron chi connectivity index (χ4n) is 3.22. The Morgan fingerprint density at radius 2 is 2.08 bits per heavy atom. The maximum absolute atomic E-state index is 13.1. The molecule has 25 heavy (non-hydrogen) atoms. The van der Waals surface area contributed by atoms with Crippen LogP contribution in [0.2, 0.25) is 0 Å². The zero-order valence-corrected chi connectivity index (χ0v) is 15.6. The lowest BCUT2D eigenvalue weighted by Gasteiger charge is -2.20. The second kappa shape index (κ2) is 8.04. The van der Waals surface area contributed by atoms with Gasteiger partial charge in [0.2, 0.25) is 0 Å². The topological polar surface area (TPSA) is 61.2 Å². The molecule has 0 N–H and O–H groups in total. The highest BCUT2D eigenvalue weighted by Crippen LogP contribution is 2.33. The Labute approximate surface area is 151 Å². The minimum Gasteiger partial charge on any atom is -0.465 e. The molecule has 3 rings (SSSR count). The summed E-state index contributed by atoms with van der Waals surface area (Å²) in [5.41, 5.74) is 0.674. The largest absolute Gasteiger partial charge is 0.465 e. The van der Waals surface area contributed by atoms with E-state index in [1.807, 2.05) is 42.7 Å². The molecule has 1 aromatic carbocycles. The number of rotatable bonds is 6. The number of ether oxygens (including phenoxy) is 1. The van der Waals surface area contributed by atoms with Crippen LogP contribution in [0.1, 0.15) is 52.0 Å². The molecular weight excluding hydrogens is 336 g/mol. The summed E-state index contributed by atoms with van der Waals surface area (Å²) in [7, 11) is 0. The summed E-state index contributed by atoms with van der Waals surface area (Å²) in [6.07, 6.45) is 5.03. The van der Waals surface area contributed by atoms with E-state index < -0.39 is 5.25 Å². The van der Waals surface area contributed by atoms with Crippen LogP contribution < -0.4 is 5.56 Å². The number of carbonyl (C=O) groups is 1. The van der Waals surface area contributed by atoms with E-state index in [1.54, 1.807) is 0 Å². The Morgan fingerprint density at radius 1 is 1.36 bits per heavy atom. The molecule has 0 bridgehead atoms. The lowest BCUT2D eigenvalue weighted by Crippen LogP contribution is -2.28. The Morgan fingerprint density at radius 3 is 2.80 bits per heavy atom. The third-order valence-corrected chi connectivity index (χ3v) is 5.57. The summed E-state index contributed by atoms with van der Waals surface area (Å²) >= 11 is 1.32. The molecule has 1 atom stereocenters. The molecule has 5 nitrogen and oxygen atoms in total. The van der Waals surface area contributed by atoms with Gasteiger partial charge in [-0.2, -0.15) is 0 Å². The fourth-order valence-corrected chi connectivity index (χ4v) is 4.20. The molecule has 0 spiro atoms. The summed E-state index contributed by atoms with van der Waals surface area (Å²) in [5.74, 6) is -0.257. The highest BCUT2D eigenvalue weighted by atomic mass is 32.2. The zero-order valence-electron chi connectivity index (χ0n) is 14.7. The van der Waals surface area contributed by atoms with Crippen molar-refractivity contribution in [2.24, 2.45) is 0 Å². The van der Waals surface area contributed by atoms with Crippen LogP contribution in [0, 0.1) is 0 Å². The number of esters is 1. The number of aromatic nitrogens is 2. The second-order valence-corrected chi connectivity index (χ2v) is 7.76. The van der Waals surface area contributed by atoms with Gasteiger partial charge in [0.05, 0.1) is 17.5 Å². The summed E-state index contributed by atoms with van der Waals surface area (Å²) < 4.78 is 7.04. The van der Waals surface area contributed by atoms with Gasteiger partial charge in [0, 0.05) is 6.04 Å². The lowest BCUT2D eigenvalue weighted by atomic mass is 10.2. The van der Waals surface area contributed by atoms with Gasteiger partial charge in [0.15, 0.2) is 5.16 Å². The quantitative estimate of drug-likeness (QED) is 0.443. The van der Waals surface area contributed by atoms with Crippen LogP contribution in [0.4, 0.5) is 0 Å². The van der Waals surface area contributed by atoms with Gasteiger partial charge in [-0.1, -0.05) is 43.7 Å². The molecule has 0 saturated heterocycles. The molecule has 1 fully saturated rings. The maximum Gasteiger partial charge on any atom is 0.319 e. The first-order chi connectivity index (χ1) is 12.1. The van der Waals surface area contributed by atoms with E-state index in [4.69, 9.17) is 9.72 Å². The first-order valence-corrected chi connectivity index (χ1v) is 9.84. The van der Waals surface area contributed by atoms with Crippen molar-refractivity contribution >= 4 is 28.6 Å². The van der Waals surface area contributed by atoms with Crippen LogP contribution >= 0.6 is 11.8 Å². The van der Waals surface area contributed by atoms with E-state index in [0.29, 0.717) is 22.7 Å². The SMILES string of the molecule is CCCOC(=O)C(C)Sc1nc2ccccc2c(=O)n1C1CCCC1. The molecule has 6 heteroatoms. The van der Waals surface area contributed by atoms with Gasteiger partial charge in [-0.15, -0.1) is 0 Å². The molecule has 0 amide bonds. The summed E-state index contributed by atoms with van der Waals surface area (Å²) in [5, 5.41) is 0.865. The van der Waals surface area contributed by atoms with E-state index in [2.05, 4.69) is 0 Å². The molecule has 1 heterocycles. The number of hydrogen-bond donors (Lipinski definition) is 0. The standard InChI is InChI=1S/C19H24N2O3S/c1-3-12-24-18(23)13(2)25-19-20-16-11-7-6-10-15(16)17(22)21(19)14-8-4-5-9-14/h6-7,10-11,13-14H,3-5,8-9,12H2,1-2H3. The van der Waals surface area contributed by atoms with E-state index in [1.165, 1.54) is 11.8 Å². The maximum atomic E-state index is 13.1. The first-order valence-electron chi connectivity index (χ1n) is 8.96. The number of fused-ring (bicyclic) bond motifs is 1. The van der Waals surface area contributed by atoms with E-state index in [9.17, 15) is 9.59 Å². The van der Waals surface area contributed by atoms with Crippen LogP contribution in [0.25, 0.3) is 10.9 Å². The lowest BCUT2D eigenvalue weighted by molar-refractivity contribution is -0.142. The Bertz CT molecular complexity index is 812. The minimum atomic E-state index is -0.396. The molecule has 134 valence electrons. The van der Waals surface area contributed by atoms with Crippen molar-refractivity contribution in [3.05, 3.63) is 34.6 Å². The van der Waals surface area contributed by atoms with Gasteiger partial charge in [-0.25, -0.2) is 4.98 Å². The van der Waals surface area contributed by atoms with Crippen molar-refractivity contribution in [1.82, 2.24) is 9.55 Å². The van der Waals surface area contributed by atoms with E-state index in [0.717, 1.165) is 32.1 Å². The second-order valence-electron chi connectivity index (χ2n) is 6.45. The van der Waals surface area contributed by atoms with Crippen LogP contribution in [0.15, 0.2) is 34.2 Å². The molecule has 2 aromatic rings. The Kier molecular flexibility index (Phi) is 5.78. The molecule has 1 aliphatic carbocycles. The highest BCUT2D eigenvalue weighted by Gasteiger charge is 2.26. The number of hydrogen-bond acceptors (Lipinski definition) is 5. The molecule has 1 saturated carbocycles. The number of para-hydroxylation sites is 1. The van der Waals surface area contributed by atoms with Gasteiger partial charge in [0.1, 0.15) is 5.25 Å². The molecule has 1 unspecified atom stereocenters. The van der Waals surface area contributed by atoms with Gasteiger partial charge in [-0.3, -0.25) is 14.2 Å². The van der Waals surface area contributed by atoms with Crippen molar-refractivity contribution < 1.29 is 9.53 Å². The molecule has 1 aromatic heterocycles. The normalized spacial score (nSPS) is 16.2. The average molecular weight is 360 g/mol. The predicted octanol–water partition coefficient (Wildman–Crippen LogP) is 3.95. The highest BCUT2D eigenvalue weighted by molar-refractivity contribution is 8.00. The Balaban J connectivity index is 1.98. The third kappa shape index (κ3) is 3.89. The average Bonchev–Trinajstić information content (AvgIpc) is 3.14. The van der Waals surface area contributed by atoms with Crippen LogP contribution in [0.5, 0.6) is 0 Å². The minimum absolute atomic E-state index is 0.00544. The summed E-state index contributed by atoms with van der Waals surface area (Å²) in [6, 6.07) is 7.58. The summed E-state index contributed by atoms with van der Waals surface area (Å²) in [6.45, 7) is 4.20. The van der Waals surface area contributed by atoms with Crippen molar-refractivity contribution in [1.29, 1.82) is 0 Å². The predicted molar refractivity (Wildman–Crippen MR) is 100 cm³/mol. The van der Waals surface area contributed by atoms with Gasteiger partial charge < -0.3 is 4.74 Å². The van der Waals surface area contributed by atoms with Crippen molar-refractivity contribution in [3.63, 3.8) is 0 Å². The third-order valence-electron chi connectivity index (χ3n) is 4.53.